The molecule has 0 spiro atoms. The molecule has 8 rings (SSSR count). The number of hydrogen-bond donors (Lipinski definition) is 1. The predicted octanol–water partition coefficient (Wildman–Crippen LogP) is 7.37. The number of carboxylic acids is 1. The highest BCUT2D eigenvalue weighted by molar-refractivity contribution is 6.38. The van der Waals surface area contributed by atoms with Crippen LogP contribution >= 0.6 is 23.2 Å². The van der Waals surface area contributed by atoms with Gasteiger partial charge in [0.1, 0.15) is 17.3 Å². The number of benzene rings is 1. The second-order valence-electron chi connectivity index (χ2n) is 11.3. The van der Waals surface area contributed by atoms with Crippen LogP contribution in [0.5, 0.6) is 0 Å². The van der Waals surface area contributed by atoms with Gasteiger partial charge in [-0.15, -0.1) is 0 Å². The summed E-state index contributed by atoms with van der Waals surface area (Å²) in [5, 5.41) is 18.5. The van der Waals surface area contributed by atoms with Crippen molar-refractivity contribution in [3.8, 4) is 22.6 Å². The van der Waals surface area contributed by atoms with Crippen molar-refractivity contribution in [1.82, 2.24) is 20.3 Å². The van der Waals surface area contributed by atoms with E-state index in [1.807, 2.05) is 0 Å². The second kappa shape index (κ2) is 9.89. The zero-order valence-corrected chi connectivity index (χ0v) is 23.3. The van der Waals surface area contributed by atoms with E-state index in [1.165, 1.54) is 12.1 Å². The number of nitrogens with zero attached hydrogens (tertiary/aromatic N) is 4. The minimum atomic E-state index is -1.22. The fraction of sp³-hybridized carbons (Fsp3) is 0.414. The Labute approximate surface area is 244 Å². The number of aromatic carboxylic acids is 1. The highest BCUT2D eigenvalue weighted by atomic mass is 35.5. The molecule has 4 aliphatic rings. The molecule has 3 aromatic heterocycles. The Morgan fingerprint density at radius 2 is 1.73 bits per heavy atom. The Balaban J connectivity index is 1.09. The van der Waals surface area contributed by atoms with Crippen molar-refractivity contribution in [2.45, 2.75) is 74.9 Å². The maximum atomic E-state index is 14.0. The monoisotopic (exact) mass is 598 g/mol. The third-order valence-corrected chi connectivity index (χ3v) is 9.41. The van der Waals surface area contributed by atoms with E-state index in [4.69, 9.17) is 37.0 Å². The molecule has 1 aromatic carbocycles. The van der Waals surface area contributed by atoms with Crippen molar-refractivity contribution in [2.75, 3.05) is 0 Å². The maximum absolute atomic E-state index is 14.0. The van der Waals surface area contributed by atoms with Crippen LogP contribution < -0.4 is 0 Å². The van der Waals surface area contributed by atoms with Crippen molar-refractivity contribution in [3.05, 3.63) is 69.2 Å². The molecule has 2 bridgehead atoms. The lowest BCUT2D eigenvalue weighted by Gasteiger charge is -2.51. The molecule has 212 valence electrons. The highest BCUT2D eigenvalue weighted by Crippen LogP contribution is 2.55. The van der Waals surface area contributed by atoms with E-state index in [2.05, 4.69) is 20.3 Å². The summed E-state index contributed by atoms with van der Waals surface area (Å²) in [6, 6.07) is 3.52. The summed E-state index contributed by atoms with van der Waals surface area (Å²) in [6.45, 7) is 0.336. The van der Waals surface area contributed by atoms with Crippen molar-refractivity contribution in [1.29, 1.82) is 0 Å². The Kier molecular flexibility index (Phi) is 6.40. The van der Waals surface area contributed by atoms with Gasteiger partial charge < -0.3 is 18.9 Å². The summed E-state index contributed by atoms with van der Waals surface area (Å²) in [5.41, 5.74) is 1.59. The van der Waals surface area contributed by atoms with Gasteiger partial charge in [0.05, 0.1) is 33.2 Å². The lowest BCUT2D eigenvalue weighted by Crippen LogP contribution is -2.49. The molecule has 0 amide bonds. The number of aromatic nitrogens is 4. The molecule has 4 fully saturated rings. The molecule has 0 aliphatic heterocycles. The average molecular weight is 599 g/mol. The molecule has 12 heteroatoms. The van der Waals surface area contributed by atoms with Crippen LogP contribution in [-0.4, -0.2) is 37.0 Å². The molecule has 0 atom stereocenters. The lowest BCUT2D eigenvalue weighted by molar-refractivity contribution is -0.130. The van der Waals surface area contributed by atoms with E-state index in [1.54, 1.807) is 12.4 Å². The van der Waals surface area contributed by atoms with Crippen LogP contribution in [0.15, 0.2) is 39.6 Å². The van der Waals surface area contributed by atoms with E-state index < -0.39 is 11.8 Å². The minimum absolute atomic E-state index is 0.170. The lowest BCUT2D eigenvalue weighted by atomic mass is 9.58. The van der Waals surface area contributed by atoms with Crippen molar-refractivity contribution >= 4 is 29.2 Å². The van der Waals surface area contributed by atoms with Gasteiger partial charge >= 0.3 is 5.97 Å². The molecule has 4 saturated carbocycles. The zero-order valence-electron chi connectivity index (χ0n) is 21.8. The quantitative estimate of drug-likeness (QED) is 0.221. The normalized spacial score (nSPS) is 23.7. The molecule has 1 N–H and O–H groups in total. The first kappa shape index (κ1) is 26.6. The molecule has 4 aliphatic carbocycles. The average Bonchev–Trinajstić information content (AvgIpc) is 3.52. The van der Waals surface area contributed by atoms with E-state index in [-0.39, 0.29) is 28.0 Å². The van der Waals surface area contributed by atoms with Crippen LogP contribution in [0.25, 0.3) is 22.6 Å². The van der Waals surface area contributed by atoms with Gasteiger partial charge in [-0.25, -0.2) is 9.18 Å². The third-order valence-electron chi connectivity index (χ3n) is 8.84. The summed E-state index contributed by atoms with van der Waals surface area (Å²) in [5.74, 6) is -0.0524. The van der Waals surface area contributed by atoms with Crippen molar-refractivity contribution < 1.29 is 28.1 Å². The number of carbonyl (C=O) groups is 1. The van der Waals surface area contributed by atoms with E-state index >= 15 is 0 Å². The standard InChI is InChI=1S/C29H25Cl2FN4O5/c30-20-12-33-13-21(31)22(20)23-19(24(40-35-23)15-1-2-15)14-39-29-6-3-28(4-7-29,5-8-29)27-34-25(36-41-27)16-9-17(26(37)38)11-18(32)10-16/h9-13,15H,1-8,14H2,(H,37,38). The fourth-order valence-corrected chi connectivity index (χ4v) is 6.82. The Morgan fingerprint density at radius 1 is 1.02 bits per heavy atom. The predicted molar refractivity (Wildman–Crippen MR) is 145 cm³/mol. The summed E-state index contributed by atoms with van der Waals surface area (Å²) in [7, 11) is 0. The first-order chi connectivity index (χ1) is 19.8. The van der Waals surface area contributed by atoms with Gasteiger partial charge in [-0.2, -0.15) is 4.98 Å². The number of fused-ring (bicyclic) bond motifs is 3. The number of carboxylic acid groups (broad SMARTS) is 1. The molecule has 0 radical (unpaired) electrons. The second-order valence-corrected chi connectivity index (χ2v) is 12.1. The number of rotatable bonds is 8. The van der Waals surface area contributed by atoms with Gasteiger partial charge in [0, 0.05) is 35.0 Å². The Bertz CT molecular complexity index is 1620. The van der Waals surface area contributed by atoms with Crippen LogP contribution in [0.2, 0.25) is 10.0 Å². The van der Waals surface area contributed by atoms with E-state index in [0.29, 0.717) is 39.7 Å². The number of halogens is 3. The zero-order chi connectivity index (χ0) is 28.4. The number of hydrogen-bond acceptors (Lipinski definition) is 8. The van der Waals surface area contributed by atoms with Crippen molar-refractivity contribution in [3.63, 3.8) is 0 Å². The van der Waals surface area contributed by atoms with E-state index in [0.717, 1.165) is 68.8 Å². The van der Waals surface area contributed by atoms with Crippen molar-refractivity contribution in [2.24, 2.45) is 0 Å². The Morgan fingerprint density at radius 3 is 2.39 bits per heavy atom. The van der Waals surface area contributed by atoms with Crippen LogP contribution in [0, 0.1) is 5.82 Å². The largest absolute Gasteiger partial charge is 0.478 e. The van der Waals surface area contributed by atoms with Crippen LogP contribution in [0.3, 0.4) is 0 Å². The van der Waals surface area contributed by atoms with Gasteiger partial charge in [0.2, 0.25) is 11.7 Å². The molecule has 3 heterocycles. The smallest absolute Gasteiger partial charge is 0.335 e. The number of pyridine rings is 1. The molecule has 0 saturated heterocycles. The van der Waals surface area contributed by atoms with Gasteiger partial charge in [0.25, 0.3) is 0 Å². The molecule has 41 heavy (non-hydrogen) atoms. The minimum Gasteiger partial charge on any atom is -0.478 e. The summed E-state index contributed by atoms with van der Waals surface area (Å²) >= 11 is 12.9. The Hall–Kier alpha value is -3.34. The summed E-state index contributed by atoms with van der Waals surface area (Å²) < 4.78 is 32.2. The van der Waals surface area contributed by atoms with Crippen LogP contribution in [-0.2, 0) is 16.8 Å². The van der Waals surface area contributed by atoms with E-state index in [9.17, 15) is 14.3 Å². The first-order valence-electron chi connectivity index (χ1n) is 13.6. The number of ether oxygens (including phenoxy) is 1. The van der Waals surface area contributed by atoms with Gasteiger partial charge in [-0.05, 0) is 69.6 Å². The molecular formula is C29H25Cl2FN4O5. The SMILES string of the molecule is O=C(O)c1cc(F)cc(-c2noc(C34CCC(OCc5c(-c6c(Cl)cncc6Cl)noc5C5CC5)(CC3)CC4)n2)c1. The molecular weight excluding hydrogens is 574 g/mol. The van der Waals surface area contributed by atoms with Gasteiger partial charge in [-0.3, -0.25) is 4.98 Å². The summed E-state index contributed by atoms with van der Waals surface area (Å²) in [4.78, 5) is 20.0. The van der Waals surface area contributed by atoms with Crippen LogP contribution in [0.1, 0.15) is 84.9 Å². The van der Waals surface area contributed by atoms with Gasteiger partial charge in [0.15, 0.2) is 0 Å². The maximum Gasteiger partial charge on any atom is 0.335 e. The topological polar surface area (TPSA) is 124 Å². The van der Waals surface area contributed by atoms with Crippen LogP contribution in [0.4, 0.5) is 4.39 Å². The highest BCUT2D eigenvalue weighted by Gasteiger charge is 2.53. The van der Waals surface area contributed by atoms with Gasteiger partial charge in [-0.1, -0.05) is 33.5 Å². The third kappa shape index (κ3) is 4.71. The first-order valence-corrected chi connectivity index (χ1v) is 14.3. The fourth-order valence-electron chi connectivity index (χ4n) is 6.27. The molecule has 4 aromatic rings. The summed E-state index contributed by atoms with van der Waals surface area (Å²) in [6.07, 6.45) is 10.0. The molecule has 9 nitrogen and oxygen atoms in total. The molecule has 0 unspecified atom stereocenters.